The minimum atomic E-state index is -3.39. The predicted molar refractivity (Wildman–Crippen MR) is 107 cm³/mol. The summed E-state index contributed by atoms with van der Waals surface area (Å²) in [6.45, 7) is 4.85. The van der Waals surface area contributed by atoms with E-state index < -0.39 is 10.0 Å². The molecule has 0 saturated carbocycles. The summed E-state index contributed by atoms with van der Waals surface area (Å²) in [5, 5.41) is 6.53. The fourth-order valence-electron chi connectivity index (χ4n) is 3.06. The van der Waals surface area contributed by atoms with Crippen LogP contribution in [0.1, 0.15) is 51.0 Å². The van der Waals surface area contributed by atoms with Gasteiger partial charge in [0.25, 0.3) is 0 Å². The zero-order valence-corrected chi connectivity index (χ0v) is 16.8. The van der Waals surface area contributed by atoms with E-state index >= 15 is 0 Å². The summed E-state index contributed by atoms with van der Waals surface area (Å²) in [4.78, 5) is 4.59. The molecule has 7 heteroatoms. The summed E-state index contributed by atoms with van der Waals surface area (Å²) in [6.07, 6.45) is 6.49. The molecule has 0 bridgehead atoms. The highest BCUT2D eigenvalue weighted by atomic mass is 32.2. The molecule has 2 N–H and O–H groups in total. The first-order valence-corrected chi connectivity index (χ1v) is 11.1. The number of hydrogen-bond acceptors (Lipinski definition) is 3. The lowest BCUT2D eigenvalue weighted by Gasteiger charge is -2.26. The van der Waals surface area contributed by atoms with Crippen LogP contribution in [0.5, 0.6) is 0 Å². The maximum Gasteiger partial charge on any atom is 0.243 e. The molecule has 1 aliphatic heterocycles. The van der Waals surface area contributed by atoms with Crippen molar-refractivity contribution in [3.8, 4) is 0 Å². The van der Waals surface area contributed by atoms with Gasteiger partial charge in [-0.15, -0.1) is 0 Å². The maximum atomic E-state index is 12.8. The largest absolute Gasteiger partial charge is 0.356 e. The van der Waals surface area contributed by atoms with Crippen LogP contribution in [0.4, 0.5) is 0 Å². The minimum Gasteiger partial charge on any atom is -0.356 e. The maximum absolute atomic E-state index is 12.8. The first kappa shape index (κ1) is 20.7. The Kier molecular flexibility index (Phi) is 8.38. The van der Waals surface area contributed by atoms with E-state index in [9.17, 15) is 8.42 Å². The van der Waals surface area contributed by atoms with Crippen LogP contribution in [-0.4, -0.2) is 45.4 Å². The quantitative estimate of drug-likeness (QED) is 0.413. The number of nitrogens with one attached hydrogen (secondary N) is 2. The van der Waals surface area contributed by atoms with Gasteiger partial charge in [0.1, 0.15) is 0 Å². The van der Waals surface area contributed by atoms with Crippen LogP contribution < -0.4 is 10.6 Å². The fourth-order valence-corrected chi connectivity index (χ4v) is 4.65. The third kappa shape index (κ3) is 5.99. The van der Waals surface area contributed by atoms with Crippen molar-refractivity contribution in [3.05, 3.63) is 29.8 Å². The molecule has 0 radical (unpaired) electrons. The number of rotatable bonds is 8. The van der Waals surface area contributed by atoms with E-state index in [-0.39, 0.29) is 0 Å². The van der Waals surface area contributed by atoms with E-state index in [1.165, 1.54) is 12.8 Å². The second kappa shape index (κ2) is 10.5. The van der Waals surface area contributed by atoms with Crippen LogP contribution in [0.25, 0.3) is 0 Å². The van der Waals surface area contributed by atoms with Crippen LogP contribution in [0.2, 0.25) is 0 Å². The number of unbranched alkanes of at least 4 members (excludes halogenated alkanes) is 2. The second-order valence-electron chi connectivity index (χ2n) is 6.67. The fraction of sp³-hybridized carbons (Fsp3) is 0.632. The summed E-state index contributed by atoms with van der Waals surface area (Å²) < 4.78 is 27.2. The Balaban J connectivity index is 1.95. The average Bonchev–Trinajstić information content (AvgIpc) is 2.68. The van der Waals surface area contributed by atoms with E-state index in [0.717, 1.165) is 43.8 Å². The molecular formula is C19H32N4O2S. The zero-order valence-electron chi connectivity index (χ0n) is 16.0. The van der Waals surface area contributed by atoms with E-state index in [1.54, 1.807) is 23.5 Å². The number of hydrogen-bond donors (Lipinski definition) is 2. The molecule has 146 valence electrons. The van der Waals surface area contributed by atoms with Crippen molar-refractivity contribution in [2.45, 2.75) is 56.9 Å². The molecule has 0 unspecified atom stereocenters. The minimum absolute atomic E-state index is 0.379. The Morgan fingerprint density at radius 1 is 1.15 bits per heavy atom. The number of sulfonamides is 1. The van der Waals surface area contributed by atoms with Crippen molar-refractivity contribution in [3.63, 3.8) is 0 Å². The molecule has 0 atom stereocenters. The third-order valence-electron chi connectivity index (χ3n) is 4.61. The first-order chi connectivity index (χ1) is 12.6. The highest BCUT2D eigenvalue weighted by Gasteiger charge is 2.25. The number of guanidine groups is 1. The smallest absolute Gasteiger partial charge is 0.243 e. The van der Waals surface area contributed by atoms with Crippen molar-refractivity contribution in [1.29, 1.82) is 0 Å². The molecule has 0 spiro atoms. The van der Waals surface area contributed by atoms with Crippen molar-refractivity contribution in [1.82, 2.24) is 14.9 Å². The highest BCUT2D eigenvalue weighted by molar-refractivity contribution is 7.89. The monoisotopic (exact) mass is 380 g/mol. The van der Waals surface area contributed by atoms with Crippen molar-refractivity contribution in [2.75, 3.05) is 26.7 Å². The molecule has 26 heavy (non-hydrogen) atoms. The molecule has 1 heterocycles. The molecule has 1 fully saturated rings. The first-order valence-electron chi connectivity index (χ1n) is 9.61. The molecule has 1 saturated heterocycles. The zero-order chi connectivity index (χ0) is 18.8. The summed E-state index contributed by atoms with van der Waals surface area (Å²) >= 11 is 0. The van der Waals surface area contributed by atoms with Gasteiger partial charge in [-0.25, -0.2) is 8.42 Å². The van der Waals surface area contributed by atoms with Crippen molar-refractivity contribution < 1.29 is 8.42 Å². The Labute approximate surface area is 158 Å². The number of aliphatic imine (C=N–C) groups is 1. The van der Waals surface area contributed by atoms with E-state index in [2.05, 4.69) is 22.5 Å². The number of nitrogens with zero attached hydrogens (tertiary/aromatic N) is 2. The lowest BCUT2D eigenvalue weighted by molar-refractivity contribution is 0.346. The number of benzene rings is 1. The Morgan fingerprint density at radius 3 is 2.62 bits per heavy atom. The molecule has 1 aromatic carbocycles. The standard InChI is InChI=1S/C19H32N4O2S/c1-3-4-6-12-21-19(20-2)22-16-17-10-9-11-18(15-17)26(24,25)23-13-7-5-8-14-23/h9-11,15H,3-8,12-14,16H2,1-2H3,(H2,20,21,22). The lowest BCUT2D eigenvalue weighted by Crippen LogP contribution is -2.37. The van der Waals surface area contributed by atoms with Gasteiger partial charge in [-0.3, -0.25) is 4.99 Å². The van der Waals surface area contributed by atoms with Gasteiger partial charge in [0, 0.05) is 33.2 Å². The summed E-state index contributed by atoms with van der Waals surface area (Å²) in [5.41, 5.74) is 0.930. The van der Waals surface area contributed by atoms with Gasteiger partial charge in [0.2, 0.25) is 10.0 Å². The van der Waals surface area contributed by atoms with Crippen LogP contribution in [0.15, 0.2) is 34.2 Å². The van der Waals surface area contributed by atoms with Gasteiger partial charge in [-0.2, -0.15) is 4.31 Å². The predicted octanol–water partition coefficient (Wildman–Crippen LogP) is 2.72. The lowest BCUT2D eigenvalue weighted by atomic mass is 10.2. The molecule has 0 aliphatic carbocycles. The van der Waals surface area contributed by atoms with Crippen LogP contribution in [0, 0.1) is 0 Å². The summed E-state index contributed by atoms with van der Waals surface area (Å²) in [7, 11) is -1.65. The molecule has 2 rings (SSSR count). The normalized spacial score (nSPS) is 16.5. The van der Waals surface area contributed by atoms with Crippen molar-refractivity contribution >= 4 is 16.0 Å². The van der Waals surface area contributed by atoms with E-state index in [4.69, 9.17) is 0 Å². The van der Waals surface area contributed by atoms with Gasteiger partial charge in [-0.05, 0) is 37.0 Å². The third-order valence-corrected chi connectivity index (χ3v) is 6.50. The van der Waals surface area contributed by atoms with Crippen LogP contribution in [-0.2, 0) is 16.6 Å². The van der Waals surface area contributed by atoms with Crippen LogP contribution >= 0.6 is 0 Å². The SMILES string of the molecule is CCCCCNC(=NC)NCc1cccc(S(=O)(=O)N2CCCCC2)c1. The molecule has 0 aromatic heterocycles. The van der Waals surface area contributed by atoms with Gasteiger partial charge >= 0.3 is 0 Å². The topological polar surface area (TPSA) is 73.8 Å². The average molecular weight is 381 g/mol. The van der Waals surface area contributed by atoms with E-state index in [0.29, 0.717) is 24.5 Å². The molecule has 0 amide bonds. The molecule has 6 nitrogen and oxygen atoms in total. The summed E-state index contributed by atoms with van der Waals surface area (Å²) in [5.74, 6) is 0.741. The Morgan fingerprint density at radius 2 is 1.92 bits per heavy atom. The van der Waals surface area contributed by atoms with Crippen molar-refractivity contribution in [2.24, 2.45) is 4.99 Å². The Bertz CT molecular complexity index is 683. The van der Waals surface area contributed by atoms with Gasteiger partial charge < -0.3 is 10.6 Å². The highest BCUT2D eigenvalue weighted by Crippen LogP contribution is 2.21. The molecule has 1 aliphatic rings. The van der Waals surface area contributed by atoms with Gasteiger partial charge in [0.05, 0.1) is 4.90 Å². The molecule has 1 aromatic rings. The molecular weight excluding hydrogens is 348 g/mol. The van der Waals surface area contributed by atoms with E-state index in [1.807, 2.05) is 12.1 Å². The number of piperidine rings is 1. The Hall–Kier alpha value is -1.60. The second-order valence-corrected chi connectivity index (χ2v) is 8.61. The summed E-state index contributed by atoms with van der Waals surface area (Å²) in [6, 6.07) is 7.20. The van der Waals surface area contributed by atoms with Gasteiger partial charge in [-0.1, -0.05) is 38.3 Å². The van der Waals surface area contributed by atoms with Gasteiger partial charge in [0.15, 0.2) is 5.96 Å². The van der Waals surface area contributed by atoms with Crippen LogP contribution in [0.3, 0.4) is 0 Å².